The molecular weight excluding hydrogens is 399 g/mol. The summed E-state index contributed by atoms with van der Waals surface area (Å²) in [6.45, 7) is 6.36. The van der Waals surface area contributed by atoms with Gasteiger partial charge in [0.2, 0.25) is 0 Å². The molecule has 1 amide bonds. The molecule has 0 spiro atoms. The van der Waals surface area contributed by atoms with Crippen molar-refractivity contribution in [1.29, 1.82) is 0 Å². The molecule has 1 saturated heterocycles. The third-order valence-corrected chi connectivity index (χ3v) is 6.13. The maximum atomic E-state index is 13.6. The number of halogens is 1. The van der Waals surface area contributed by atoms with E-state index in [2.05, 4.69) is 4.90 Å². The number of hydrogen-bond acceptors (Lipinski definition) is 5. The lowest BCUT2D eigenvalue weighted by Gasteiger charge is -2.34. The Kier molecular flexibility index (Phi) is 6.41. The highest BCUT2D eigenvalue weighted by Crippen LogP contribution is 2.31. The molecule has 1 unspecified atom stereocenters. The van der Waals surface area contributed by atoms with Crippen LogP contribution in [0.15, 0.2) is 28.7 Å². The van der Waals surface area contributed by atoms with Crippen LogP contribution in [0.25, 0.3) is 0 Å². The third-order valence-electron chi connectivity index (χ3n) is 6.13. The van der Waals surface area contributed by atoms with Crippen LogP contribution >= 0.6 is 0 Å². The van der Waals surface area contributed by atoms with Crippen LogP contribution in [0.4, 0.5) is 4.39 Å². The summed E-state index contributed by atoms with van der Waals surface area (Å²) in [6, 6.07) is 6.05. The summed E-state index contributed by atoms with van der Waals surface area (Å²) in [7, 11) is 0. The number of carbonyl (C=O) groups is 2. The molecule has 2 aromatic rings. The van der Waals surface area contributed by atoms with Crippen molar-refractivity contribution in [1.82, 2.24) is 9.80 Å². The van der Waals surface area contributed by atoms with Gasteiger partial charge in [0.1, 0.15) is 23.4 Å². The number of rotatable bonds is 5. The molecule has 0 aliphatic carbocycles. The number of carbonyl (C=O) groups excluding carboxylic acids is 2. The first-order valence-electron chi connectivity index (χ1n) is 11.0. The smallest absolute Gasteiger partial charge is 0.328 e. The Balaban J connectivity index is 1.57. The van der Waals surface area contributed by atoms with E-state index in [1.807, 2.05) is 13.0 Å². The van der Waals surface area contributed by atoms with Crippen molar-refractivity contribution in [2.45, 2.75) is 58.7 Å². The lowest BCUT2D eigenvalue weighted by Crippen LogP contribution is -2.49. The molecule has 2 aliphatic rings. The van der Waals surface area contributed by atoms with Crippen LogP contribution in [0.5, 0.6) is 0 Å². The van der Waals surface area contributed by atoms with Crippen LogP contribution in [0, 0.1) is 12.7 Å². The van der Waals surface area contributed by atoms with E-state index in [1.54, 1.807) is 24.0 Å². The fraction of sp³-hybridized carbons (Fsp3) is 0.500. The molecule has 3 heterocycles. The topological polar surface area (TPSA) is 63.0 Å². The van der Waals surface area contributed by atoms with Gasteiger partial charge < -0.3 is 14.1 Å². The van der Waals surface area contributed by atoms with Gasteiger partial charge in [-0.15, -0.1) is 0 Å². The van der Waals surface area contributed by atoms with Gasteiger partial charge >= 0.3 is 5.97 Å². The molecule has 4 rings (SSSR count). The summed E-state index contributed by atoms with van der Waals surface area (Å²) in [5, 5.41) is 0. The molecule has 1 fully saturated rings. The predicted molar refractivity (Wildman–Crippen MR) is 113 cm³/mol. The SMILES string of the molecule is CCOC(=O)C1CCCCN1C(=O)c1c(C)oc2c1CN(Cc1cccc(F)c1)CC2. The average Bonchev–Trinajstić information content (AvgIpc) is 3.08. The summed E-state index contributed by atoms with van der Waals surface area (Å²) in [5.74, 6) is 0.684. The molecule has 1 aromatic heterocycles. The summed E-state index contributed by atoms with van der Waals surface area (Å²) in [5.41, 5.74) is 2.35. The molecule has 0 bridgehead atoms. The molecule has 1 atom stereocenters. The highest BCUT2D eigenvalue weighted by atomic mass is 19.1. The summed E-state index contributed by atoms with van der Waals surface area (Å²) < 4.78 is 24.8. The Morgan fingerprint density at radius 3 is 2.87 bits per heavy atom. The standard InChI is InChI=1S/C24H29FN2O4/c1-3-30-24(29)20-9-4-5-11-27(20)23(28)22-16(2)31-21-10-12-26(15-19(21)22)14-17-7-6-8-18(25)13-17/h6-8,13,20H,3-5,9-12,14-15H2,1-2H3. The lowest BCUT2D eigenvalue weighted by molar-refractivity contribution is -0.149. The zero-order valence-electron chi connectivity index (χ0n) is 18.2. The maximum absolute atomic E-state index is 13.6. The normalized spacial score (nSPS) is 19.2. The first-order chi connectivity index (χ1) is 15.0. The van der Waals surface area contributed by atoms with E-state index in [4.69, 9.17) is 9.15 Å². The van der Waals surface area contributed by atoms with Gasteiger partial charge in [0.05, 0.1) is 12.2 Å². The second-order valence-electron chi connectivity index (χ2n) is 8.29. The third kappa shape index (κ3) is 4.51. The van der Waals surface area contributed by atoms with Crippen LogP contribution in [-0.2, 0) is 29.0 Å². The number of likely N-dealkylation sites (tertiary alicyclic amines) is 1. The predicted octanol–water partition coefficient (Wildman–Crippen LogP) is 3.84. The van der Waals surface area contributed by atoms with Gasteiger partial charge in [-0.2, -0.15) is 0 Å². The maximum Gasteiger partial charge on any atom is 0.328 e. The van der Waals surface area contributed by atoms with Crippen molar-refractivity contribution < 1.29 is 23.1 Å². The highest BCUT2D eigenvalue weighted by Gasteiger charge is 2.37. The van der Waals surface area contributed by atoms with Crippen LogP contribution < -0.4 is 0 Å². The van der Waals surface area contributed by atoms with Crippen LogP contribution in [0.1, 0.15) is 59.2 Å². The van der Waals surface area contributed by atoms with Crippen molar-refractivity contribution in [2.24, 2.45) is 0 Å². The Bertz CT molecular complexity index is 970. The Labute approximate surface area is 182 Å². The lowest BCUT2D eigenvalue weighted by atomic mass is 9.97. The van der Waals surface area contributed by atoms with Crippen LogP contribution in [0.2, 0.25) is 0 Å². The number of hydrogen-bond donors (Lipinski definition) is 0. The minimum atomic E-state index is -0.543. The molecule has 1 aromatic carbocycles. The van der Waals surface area contributed by atoms with Crippen LogP contribution in [0.3, 0.4) is 0 Å². The van der Waals surface area contributed by atoms with Crippen molar-refractivity contribution in [3.8, 4) is 0 Å². The van der Waals surface area contributed by atoms with E-state index in [-0.39, 0.29) is 17.7 Å². The number of aryl methyl sites for hydroxylation is 1. The molecule has 0 N–H and O–H groups in total. The molecular formula is C24H29FN2O4. The van der Waals surface area contributed by atoms with Gasteiger partial charge in [-0.25, -0.2) is 9.18 Å². The molecule has 6 nitrogen and oxygen atoms in total. The van der Waals surface area contributed by atoms with E-state index < -0.39 is 6.04 Å². The van der Waals surface area contributed by atoms with E-state index in [0.717, 1.165) is 36.3 Å². The van der Waals surface area contributed by atoms with Gasteiger partial charge in [-0.1, -0.05) is 12.1 Å². The largest absolute Gasteiger partial charge is 0.465 e. The Hall–Kier alpha value is -2.67. The summed E-state index contributed by atoms with van der Waals surface area (Å²) in [4.78, 5) is 29.9. The second-order valence-corrected chi connectivity index (χ2v) is 8.29. The van der Waals surface area contributed by atoms with E-state index >= 15 is 0 Å². The highest BCUT2D eigenvalue weighted by molar-refractivity contribution is 5.99. The van der Waals surface area contributed by atoms with E-state index in [1.165, 1.54) is 6.07 Å². The fourth-order valence-electron chi connectivity index (χ4n) is 4.69. The number of amides is 1. The van der Waals surface area contributed by atoms with Gasteiger partial charge in [0, 0.05) is 38.2 Å². The van der Waals surface area contributed by atoms with Gasteiger partial charge in [0.25, 0.3) is 5.91 Å². The van der Waals surface area contributed by atoms with Crippen LogP contribution in [-0.4, -0.2) is 47.4 Å². The monoisotopic (exact) mass is 428 g/mol. The molecule has 7 heteroatoms. The Morgan fingerprint density at radius 1 is 1.26 bits per heavy atom. The molecule has 0 saturated carbocycles. The first kappa shape index (κ1) is 21.6. The van der Waals surface area contributed by atoms with Crippen molar-refractivity contribution in [3.63, 3.8) is 0 Å². The minimum Gasteiger partial charge on any atom is -0.465 e. The first-order valence-corrected chi connectivity index (χ1v) is 11.0. The van der Waals surface area contributed by atoms with Crippen molar-refractivity contribution >= 4 is 11.9 Å². The number of benzene rings is 1. The summed E-state index contributed by atoms with van der Waals surface area (Å²) in [6.07, 6.45) is 3.08. The number of fused-ring (bicyclic) bond motifs is 1. The second kappa shape index (κ2) is 9.22. The van der Waals surface area contributed by atoms with Crippen molar-refractivity contribution in [3.05, 3.63) is 58.3 Å². The Morgan fingerprint density at radius 2 is 2.10 bits per heavy atom. The number of piperidine rings is 1. The number of nitrogens with zero attached hydrogens (tertiary/aromatic N) is 2. The average molecular weight is 429 g/mol. The summed E-state index contributed by atoms with van der Waals surface area (Å²) >= 11 is 0. The quantitative estimate of drug-likeness (QED) is 0.677. The number of ether oxygens (including phenoxy) is 1. The zero-order valence-corrected chi connectivity index (χ0v) is 18.2. The van der Waals surface area contributed by atoms with E-state index in [0.29, 0.717) is 50.4 Å². The fourth-order valence-corrected chi connectivity index (χ4v) is 4.69. The number of furan rings is 1. The zero-order chi connectivity index (χ0) is 22.0. The van der Waals surface area contributed by atoms with Gasteiger partial charge in [-0.3, -0.25) is 9.69 Å². The van der Waals surface area contributed by atoms with Crippen molar-refractivity contribution in [2.75, 3.05) is 19.7 Å². The molecule has 166 valence electrons. The van der Waals surface area contributed by atoms with Gasteiger partial charge in [0.15, 0.2) is 0 Å². The minimum absolute atomic E-state index is 0.159. The molecule has 2 aliphatic heterocycles. The molecule has 31 heavy (non-hydrogen) atoms. The number of esters is 1. The molecule has 0 radical (unpaired) electrons. The van der Waals surface area contributed by atoms with E-state index in [9.17, 15) is 14.0 Å². The van der Waals surface area contributed by atoms with Gasteiger partial charge in [-0.05, 0) is 50.8 Å².